The van der Waals surface area contributed by atoms with Crippen molar-refractivity contribution in [1.82, 2.24) is 15.1 Å². The molecule has 1 aliphatic carbocycles. The summed E-state index contributed by atoms with van der Waals surface area (Å²) < 4.78 is 8.26. The van der Waals surface area contributed by atoms with Gasteiger partial charge in [0.05, 0.1) is 11.7 Å². The van der Waals surface area contributed by atoms with E-state index < -0.39 is 0 Å². The zero-order valence-corrected chi connectivity index (χ0v) is 15.3. The quantitative estimate of drug-likeness (QED) is 0.826. The second-order valence-corrected chi connectivity index (χ2v) is 7.04. The maximum atomic E-state index is 6.15. The standard InChI is InChI=1S/C19H26ClN3O/c1-14-8-9-16(20)10-15(14)13-24-19-11-17(12-21-2)22-23(19)18-6-4-3-5-7-18/h8-11,18,21H,3-7,12-13H2,1-2H3. The van der Waals surface area contributed by atoms with E-state index >= 15 is 0 Å². The Morgan fingerprint density at radius 1 is 1.25 bits per heavy atom. The summed E-state index contributed by atoms with van der Waals surface area (Å²) in [5.74, 6) is 0.867. The third-order valence-corrected chi connectivity index (χ3v) is 4.95. The number of rotatable bonds is 6. The second kappa shape index (κ2) is 8.04. The van der Waals surface area contributed by atoms with Gasteiger partial charge in [0.15, 0.2) is 0 Å². The van der Waals surface area contributed by atoms with E-state index in [-0.39, 0.29) is 0 Å². The molecule has 0 amide bonds. The van der Waals surface area contributed by atoms with E-state index in [1.54, 1.807) is 0 Å². The van der Waals surface area contributed by atoms with E-state index in [9.17, 15) is 0 Å². The fourth-order valence-electron chi connectivity index (χ4n) is 3.33. The lowest BCUT2D eigenvalue weighted by Gasteiger charge is -2.23. The number of ether oxygens (including phenoxy) is 1. The molecule has 1 fully saturated rings. The summed E-state index contributed by atoms with van der Waals surface area (Å²) in [6.07, 6.45) is 6.26. The van der Waals surface area contributed by atoms with Crippen LogP contribution in [0.15, 0.2) is 24.3 Å². The van der Waals surface area contributed by atoms with Gasteiger partial charge in [-0.05, 0) is 50.1 Å². The van der Waals surface area contributed by atoms with Crippen LogP contribution in [0, 0.1) is 6.92 Å². The van der Waals surface area contributed by atoms with Crippen molar-refractivity contribution in [3.8, 4) is 5.88 Å². The minimum atomic E-state index is 0.458. The predicted molar refractivity (Wildman–Crippen MR) is 97.6 cm³/mol. The van der Waals surface area contributed by atoms with Crippen LogP contribution in [-0.2, 0) is 13.2 Å². The number of nitrogens with zero attached hydrogens (tertiary/aromatic N) is 2. The Morgan fingerprint density at radius 3 is 2.79 bits per heavy atom. The first kappa shape index (κ1) is 17.3. The van der Waals surface area contributed by atoms with Crippen LogP contribution in [0.25, 0.3) is 0 Å². The van der Waals surface area contributed by atoms with E-state index in [0.29, 0.717) is 12.6 Å². The monoisotopic (exact) mass is 347 g/mol. The Balaban J connectivity index is 1.79. The summed E-state index contributed by atoms with van der Waals surface area (Å²) >= 11 is 6.12. The topological polar surface area (TPSA) is 39.1 Å². The van der Waals surface area contributed by atoms with Crippen molar-refractivity contribution in [2.24, 2.45) is 0 Å². The fraction of sp³-hybridized carbons (Fsp3) is 0.526. The molecule has 0 aliphatic heterocycles. The van der Waals surface area contributed by atoms with Crippen molar-refractivity contribution in [3.05, 3.63) is 46.1 Å². The SMILES string of the molecule is CNCc1cc(OCc2cc(Cl)ccc2C)n(C2CCCCC2)n1. The molecule has 0 bridgehead atoms. The molecule has 2 aromatic rings. The van der Waals surface area contributed by atoms with Crippen molar-refractivity contribution < 1.29 is 4.74 Å². The molecular formula is C19H26ClN3O. The summed E-state index contributed by atoms with van der Waals surface area (Å²) in [4.78, 5) is 0. The van der Waals surface area contributed by atoms with Gasteiger partial charge in [0.1, 0.15) is 6.61 Å². The average molecular weight is 348 g/mol. The van der Waals surface area contributed by atoms with Crippen LogP contribution in [0.2, 0.25) is 5.02 Å². The lowest BCUT2D eigenvalue weighted by Crippen LogP contribution is -2.16. The number of aryl methyl sites for hydroxylation is 1. The van der Waals surface area contributed by atoms with E-state index in [1.165, 1.54) is 37.7 Å². The van der Waals surface area contributed by atoms with Gasteiger partial charge in [-0.3, -0.25) is 0 Å². The fourth-order valence-corrected chi connectivity index (χ4v) is 3.53. The molecule has 1 saturated carbocycles. The molecule has 4 nitrogen and oxygen atoms in total. The van der Waals surface area contributed by atoms with Crippen LogP contribution in [-0.4, -0.2) is 16.8 Å². The Labute approximate surface area is 149 Å². The molecule has 0 saturated heterocycles. The number of halogens is 1. The highest BCUT2D eigenvalue weighted by Gasteiger charge is 2.21. The van der Waals surface area contributed by atoms with Crippen LogP contribution in [0.4, 0.5) is 0 Å². The number of nitrogens with one attached hydrogen (secondary N) is 1. The number of benzene rings is 1. The third-order valence-electron chi connectivity index (χ3n) is 4.72. The zero-order valence-electron chi connectivity index (χ0n) is 14.5. The first-order valence-corrected chi connectivity index (χ1v) is 9.16. The van der Waals surface area contributed by atoms with E-state index in [0.717, 1.165) is 28.7 Å². The summed E-state index contributed by atoms with van der Waals surface area (Å²) in [6, 6.07) is 8.45. The molecule has 130 valence electrons. The molecule has 1 aromatic carbocycles. The van der Waals surface area contributed by atoms with Crippen molar-refractivity contribution in [2.45, 2.75) is 58.2 Å². The van der Waals surface area contributed by atoms with Gasteiger partial charge in [-0.15, -0.1) is 0 Å². The molecule has 1 aromatic heterocycles. The van der Waals surface area contributed by atoms with E-state index in [4.69, 9.17) is 21.4 Å². The van der Waals surface area contributed by atoms with Gasteiger partial charge in [-0.25, -0.2) is 4.68 Å². The molecule has 1 N–H and O–H groups in total. The summed E-state index contributed by atoms with van der Waals surface area (Å²) in [5, 5.41) is 8.69. The predicted octanol–water partition coefficient (Wildman–Crippen LogP) is 4.65. The molecule has 0 spiro atoms. The second-order valence-electron chi connectivity index (χ2n) is 6.60. The van der Waals surface area contributed by atoms with Gasteiger partial charge in [0.25, 0.3) is 0 Å². The Hall–Kier alpha value is -1.52. The van der Waals surface area contributed by atoms with Crippen LogP contribution >= 0.6 is 11.6 Å². The highest BCUT2D eigenvalue weighted by Crippen LogP contribution is 2.32. The van der Waals surface area contributed by atoms with Gasteiger partial charge < -0.3 is 10.1 Å². The van der Waals surface area contributed by atoms with Crippen molar-refractivity contribution >= 4 is 11.6 Å². The van der Waals surface area contributed by atoms with Crippen LogP contribution in [0.3, 0.4) is 0 Å². The molecule has 0 radical (unpaired) electrons. The van der Waals surface area contributed by atoms with Crippen LogP contribution in [0.5, 0.6) is 5.88 Å². The van der Waals surface area contributed by atoms with E-state index in [2.05, 4.69) is 23.0 Å². The molecule has 5 heteroatoms. The molecular weight excluding hydrogens is 322 g/mol. The minimum absolute atomic E-state index is 0.458. The first-order chi connectivity index (χ1) is 11.7. The number of hydrogen-bond donors (Lipinski definition) is 1. The van der Waals surface area contributed by atoms with Gasteiger partial charge in [-0.1, -0.05) is 36.9 Å². The molecule has 1 heterocycles. The first-order valence-electron chi connectivity index (χ1n) is 8.78. The van der Waals surface area contributed by atoms with Crippen molar-refractivity contribution in [1.29, 1.82) is 0 Å². The van der Waals surface area contributed by atoms with Crippen molar-refractivity contribution in [2.75, 3.05) is 7.05 Å². The van der Waals surface area contributed by atoms with Crippen LogP contribution in [0.1, 0.15) is 55.0 Å². The number of hydrogen-bond acceptors (Lipinski definition) is 3. The Morgan fingerprint density at radius 2 is 2.04 bits per heavy atom. The molecule has 0 unspecified atom stereocenters. The summed E-state index contributed by atoms with van der Waals surface area (Å²) in [6.45, 7) is 3.36. The largest absolute Gasteiger partial charge is 0.473 e. The Kier molecular flexibility index (Phi) is 5.80. The highest BCUT2D eigenvalue weighted by molar-refractivity contribution is 6.30. The zero-order chi connectivity index (χ0) is 16.9. The van der Waals surface area contributed by atoms with E-state index in [1.807, 2.05) is 25.2 Å². The maximum Gasteiger partial charge on any atom is 0.212 e. The molecule has 1 aliphatic rings. The molecule has 0 atom stereocenters. The highest BCUT2D eigenvalue weighted by atomic mass is 35.5. The smallest absolute Gasteiger partial charge is 0.212 e. The van der Waals surface area contributed by atoms with Gasteiger partial charge in [-0.2, -0.15) is 5.10 Å². The maximum absolute atomic E-state index is 6.15. The number of aromatic nitrogens is 2. The molecule has 3 rings (SSSR count). The van der Waals surface area contributed by atoms with Gasteiger partial charge >= 0.3 is 0 Å². The molecule has 24 heavy (non-hydrogen) atoms. The summed E-state index contributed by atoms with van der Waals surface area (Å²) in [5.41, 5.74) is 3.34. The van der Waals surface area contributed by atoms with Gasteiger partial charge in [0.2, 0.25) is 5.88 Å². The van der Waals surface area contributed by atoms with Crippen molar-refractivity contribution in [3.63, 3.8) is 0 Å². The summed E-state index contributed by atoms with van der Waals surface area (Å²) in [7, 11) is 1.94. The lowest BCUT2D eigenvalue weighted by molar-refractivity contribution is 0.237. The lowest BCUT2D eigenvalue weighted by atomic mass is 9.96. The average Bonchev–Trinajstić information content (AvgIpc) is 3.00. The van der Waals surface area contributed by atoms with Gasteiger partial charge in [0, 0.05) is 17.6 Å². The normalized spacial score (nSPS) is 15.6. The minimum Gasteiger partial charge on any atom is -0.473 e. The van der Waals surface area contributed by atoms with Crippen LogP contribution < -0.4 is 10.1 Å². The third kappa shape index (κ3) is 4.11. The Bertz CT molecular complexity index is 677.